The molecule has 5 aromatic rings. The number of carbonyl (C=O) groups excluding carboxylic acids is 1. The fourth-order valence-electron chi connectivity index (χ4n) is 3.58. The first-order valence-corrected chi connectivity index (χ1v) is 10.1. The Balaban J connectivity index is 1.39. The molecule has 0 radical (unpaired) electrons. The molecule has 162 valence electrons. The van der Waals surface area contributed by atoms with Crippen LogP contribution in [-0.4, -0.2) is 32.0 Å². The number of furan rings is 1. The Morgan fingerprint density at radius 2 is 2.06 bits per heavy atom. The van der Waals surface area contributed by atoms with Gasteiger partial charge in [-0.25, -0.2) is 9.50 Å². The van der Waals surface area contributed by atoms with Crippen LogP contribution in [0, 0.1) is 0 Å². The van der Waals surface area contributed by atoms with Crippen molar-refractivity contribution >= 4 is 34.1 Å². The van der Waals surface area contributed by atoms with Crippen LogP contribution in [0.15, 0.2) is 65.4 Å². The molecule has 2 N–H and O–H groups in total. The van der Waals surface area contributed by atoms with Crippen LogP contribution in [0.4, 0.5) is 8.78 Å². The van der Waals surface area contributed by atoms with Gasteiger partial charge in [0.05, 0.1) is 6.26 Å². The van der Waals surface area contributed by atoms with Crippen LogP contribution < -0.4 is 5.32 Å². The van der Waals surface area contributed by atoms with Crippen LogP contribution >= 0.6 is 11.6 Å². The van der Waals surface area contributed by atoms with E-state index in [1.165, 1.54) is 12.3 Å². The Hall–Kier alpha value is -3.72. The van der Waals surface area contributed by atoms with Crippen molar-refractivity contribution in [2.75, 3.05) is 6.54 Å². The first-order chi connectivity index (χ1) is 15.4. The van der Waals surface area contributed by atoms with E-state index < -0.39 is 17.0 Å². The van der Waals surface area contributed by atoms with E-state index >= 15 is 0 Å². The lowest BCUT2D eigenvalue weighted by Gasteiger charge is -2.11. The lowest BCUT2D eigenvalue weighted by Crippen LogP contribution is -2.26. The van der Waals surface area contributed by atoms with E-state index in [0.717, 1.165) is 27.0 Å². The fourth-order valence-corrected chi connectivity index (χ4v) is 3.71. The minimum absolute atomic E-state index is 0.0461. The molecule has 0 spiro atoms. The molecule has 5 rings (SSSR count). The van der Waals surface area contributed by atoms with Crippen LogP contribution in [0.3, 0.4) is 0 Å². The van der Waals surface area contributed by atoms with Gasteiger partial charge in [-0.2, -0.15) is 13.9 Å². The summed E-state index contributed by atoms with van der Waals surface area (Å²) in [6, 6.07) is 13.5. The third-order valence-electron chi connectivity index (χ3n) is 5.08. The Morgan fingerprint density at radius 1 is 1.22 bits per heavy atom. The molecule has 0 bridgehead atoms. The first kappa shape index (κ1) is 20.2. The summed E-state index contributed by atoms with van der Waals surface area (Å²) in [5.74, 6) is -0.209. The normalized spacial score (nSPS) is 12.0. The maximum absolute atomic E-state index is 14.0. The number of fused-ring (bicyclic) bond motifs is 2. The van der Waals surface area contributed by atoms with Crippen molar-refractivity contribution in [3.63, 3.8) is 0 Å². The van der Waals surface area contributed by atoms with E-state index in [0.29, 0.717) is 18.7 Å². The summed E-state index contributed by atoms with van der Waals surface area (Å²) in [5.41, 5.74) is 1.62. The van der Waals surface area contributed by atoms with Gasteiger partial charge >= 0.3 is 5.38 Å². The highest BCUT2D eigenvalue weighted by atomic mass is 35.5. The highest BCUT2D eigenvalue weighted by molar-refractivity contribution is 6.21. The summed E-state index contributed by atoms with van der Waals surface area (Å²) in [7, 11) is 0. The molecule has 0 aliphatic carbocycles. The predicted octanol–water partition coefficient (Wildman–Crippen LogP) is 4.73. The van der Waals surface area contributed by atoms with Crippen molar-refractivity contribution in [3.8, 4) is 11.5 Å². The number of amides is 1. The summed E-state index contributed by atoms with van der Waals surface area (Å²) in [4.78, 5) is 20.1. The number of nitrogens with one attached hydrogen (secondary N) is 2. The molecule has 0 atom stereocenters. The summed E-state index contributed by atoms with van der Waals surface area (Å²) in [5, 5.41) is 4.13. The minimum atomic E-state index is -3.72. The largest absolute Gasteiger partial charge is 0.463 e. The van der Waals surface area contributed by atoms with Crippen molar-refractivity contribution in [2.45, 2.75) is 11.8 Å². The van der Waals surface area contributed by atoms with E-state index in [2.05, 4.69) is 20.4 Å². The molecular weight excluding hydrogens is 440 g/mol. The Bertz CT molecular complexity index is 1420. The number of aromatic nitrogens is 4. The van der Waals surface area contributed by atoms with E-state index in [4.69, 9.17) is 16.0 Å². The number of rotatable bonds is 6. The molecule has 7 nitrogen and oxygen atoms in total. The number of benzene rings is 1. The average Bonchev–Trinajstić information content (AvgIpc) is 3.51. The minimum Gasteiger partial charge on any atom is -0.463 e. The quantitative estimate of drug-likeness (QED) is 0.362. The predicted molar refractivity (Wildman–Crippen MR) is 115 cm³/mol. The van der Waals surface area contributed by atoms with Gasteiger partial charge in [-0.1, -0.05) is 18.2 Å². The zero-order valence-electron chi connectivity index (χ0n) is 16.5. The highest BCUT2D eigenvalue weighted by Crippen LogP contribution is 2.34. The van der Waals surface area contributed by atoms with Crippen LogP contribution in [0.1, 0.15) is 21.7 Å². The molecule has 0 unspecified atom stereocenters. The molecule has 0 aliphatic rings. The van der Waals surface area contributed by atoms with E-state index in [1.807, 2.05) is 30.5 Å². The number of para-hydroxylation sites is 1. The first-order valence-electron chi connectivity index (χ1n) is 9.75. The number of hydrogen-bond donors (Lipinski definition) is 2. The smallest absolute Gasteiger partial charge is 0.364 e. The van der Waals surface area contributed by atoms with Crippen molar-refractivity contribution in [1.82, 2.24) is 24.9 Å². The van der Waals surface area contributed by atoms with E-state index in [-0.39, 0.29) is 17.0 Å². The molecular formula is C22H16ClF2N5O2. The lowest BCUT2D eigenvalue weighted by molar-refractivity contribution is 0.0866. The molecule has 0 saturated heterocycles. The molecule has 0 aliphatic heterocycles. The maximum Gasteiger partial charge on any atom is 0.364 e. The van der Waals surface area contributed by atoms with Crippen LogP contribution in [0.25, 0.3) is 28.0 Å². The van der Waals surface area contributed by atoms with Crippen molar-refractivity contribution in [3.05, 3.63) is 77.9 Å². The lowest BCUT2D eigenvalue weighted by atomic mass is 10.1. The zero-order chi connectivity index (χ0) is 22.3. The van der Waals surface area contributed by atoms with Gasteiger partial charge in [-0.15, -0.1) is 0 Å². The van der Waals surface area contributed by atoms with E-state index in [1.54, 1.807) is 12.1 Å². The second-order valence-electron chi connectivity index (χ2n) is 7.17. The van der Waals surface area contributed by atoms with E-state index in [9.17, 15) is 13.6 Å². The molecule has 0 fully saturated rings. The number of alkyl halides is 3. The SMILES string of the molecule is O=C(NCCc1c[nH]c2ccccc12)c1cc2nc(-c3ccco3)cc(C(F)(F)Cl)n2n1. The summed E-state index contributed by atoms with van der Waals surface area (Å²) >= 11 is 5.29. The topological polar surface area (TPSA) is 88.2 Å². The second-order valence-corrected chi connectivity index (χ2v) is 7.64. The Kier molecular flexibility index (Phi) is 4.90. The molecule has 10 heteroatoms. The van der Waals surface area contributed by atoms with Gasteiger partial charge in [0, 0.05) is 29.7 Å². The summed E-state index contributed by atoms with van der Waals surface area (Å²) in [6.07, 6.45) is 3.90. The molecule has 1 aromatic carbocycles. The molecule has 4 aromatic heterocycles. The molecule has 4 heterocycles. The van der Waals surface area contributed by atoms with Gasteiger partial charge in [-0.05, 0) is 47.9 Å². The van der Waals surface area contributed by atoms with Gasteiger partial charge in [0.25, 0.3) is 5.91 Å². The van der Waals surface area contributed by atoms with Crippen molar-refractivity contribution < 1.29 is 18.0 Å². The number of H-pyrrole nitrogens is 1. The Morgan fingerprint density at radius 3 is 2.84 bits per heavy atom. The summed E-state index contributed by atoms with van der Waals surface area (Å²) < 4.78 is 34.2. The Labute approximate surface area is 185 Å². The van der Waals surface area contributed by atoms with Gasteiger partial charge in [0.1, 0.15) is 11.4 Å². The average molecular weight is 456 g/mol. The standard InChI is InChI=1S/C22H16ClF2N5O2/c23-22(24,25)19-10-16(18-6-3-9-32-18)28-20-11-17(29-30(19)20)21(31)26-8-7-13-12-27-15-5-2-1-4-14(13)15/h1-6,9-12,27H,7-8H2,(H,26,31). The van der Waals surface area contributed by atoms with Gasteiger partial charge in [-0.3, -0.25) is 4.79 Å². The highest BCUT2D eigenvalue weighted by Gasteiger charge is 2.33. The summed E-state index contributed by atoms with van der Waals surface area (Å²) in [6.45, 7) is 0.345. The second kappa shape index (κ2) is 7.76. The van der Waals surface area contributed by atoms with Crippen molar-refractivity contribution in [2.24, 2.45) is 0 Å². The van der Waals surface area contributed by atoms with Crippen LogP contribution in [0.5, 0.6) is 0 Å². The third-order valence-corrected chi connectivity index (χ3v) is 5.27. The number of halogens is 3. The fraction of sp³-hybridized carbons (Fsp3) is 0.136. The van der Waals surface area contributed by atoms with Crippen LogP contribution in [0.2, 0.25) is 0 Å². The molecule has 32 heavy (non-hydrogen) atoms. The monoisotopic (exact) mass is 455 g/mol. The third kappa shape index (κ3) is 3.71. The molecule has 1 amide bonds. The van der Waals surface area contributed by atoms with Crippen LogP contribution in [-0.2, 0) is 11.8 Å². The van der Waals surface area contributed by atoms with Gasteiger partial charge in [0.2, 0.25) is 0 Å². The van der Waals surface area contributed by atoms with Gasteiger partial charge < -0.3 is 14.7 Å². The molecule has 0 saturated carbocycles. The number of nitrogens with zero attached hydrogens (tertiary/aromatic N) is 3. The number of aromatic amines is 1. The van der Waals surface area contributed by atoms with Crippen molar-refractivity contribution in [1.29, 1.82) is 0 Å². The number of hydrogen-bond acceptors (Lipinski definition) is 4. The maximum atomic E-state index is 14.0. The number of carbonyl (C=O) groups is 1. The van der Waals surface area contributed by atoms with Gasteiger partial charge in [0.15, 0.2) is 17.1 Å². The zero-order valence-corrected chi connectivity index (χ0v) is 17.2.